The van der Waals surface area contributed by atoms with Crippen LogP contribution in [0.5, 0.6) is 0 Å². The summed E-state index contributed by atoms with van der Waals surface area (Å²) in [5, 5.41) is 21.4. The van der Waals surface area contributed by atoms with Gasteiger partial charge in [0.05, 0.1) is 11.0 Å². The lowest BCUT2D eigenvalue weighted by Crippen LogP contribution is -2.31. The van der Waals surface area contributed by atoms with Gasteiger partial charge in [-0.05, 0) is 54.7 Å². The first-order valence-corrected chi connectivity index (χ1v) is 8.03. The third kappa shape index (κ3) is 2.23. The van der Waals surface area contributed by atoms with E-state index in [1.165, 1.54) is 5.56 Å². The molecule has 4 heteroatoms. The highest BCUT2D eigenvalue weighted by atomic mass is 16.4. The molecule has 0 amide bonds. The molecule has 0 atom stereocenters. The zero-order valence-electron chi connectivity index (χ0n) is 13.7. The Labute approximate surface area is 140 Å². The molecule has 0 saturated heterocycles. The summed E-state index contributed by atoms with van der Waals surface area (Å²) in [5.41, 5.74) is 5.91. The lowest BCUT2D eigenvalue weighted by atomic mass is 9.76. The third-order valence-electron chi connectivity index (χ3n) is 4.60. The minimum Gasteiger partial charge on any atom is -0.423 e. The van der Waals surface area contributed by atoms with Crippen LogP contribution in [0.25, 0.3) is 27.5 Å². The Morgan fingerprint density at radius 2 is 1.50 bits per heavy atom. The van der Waals surface area contributed by atoms with E-state index >= 15 is 0 Å². The molecule has 3 nitrogen and oxygen atoms in total. The number of fused-ring (bicyclic) bond motifs is 3. The molecule has 0 saturated carbocycles. The fourth-order valence-corrected chi connectivity index (χ4v) is 3.43. The molecule has 4 rings (SSSR count). The van der Waals surface area contributed by atoms with Crippen molar-refractivity contribution < 1.29 is 10.0 Å². The van der Waals surface area contributed by atoms with E-state index in [4.69, 9.17) is 0 Å². The topological polar surface area (TPSA) is 45.4 Å². The van der Waals surface area contributed by atoms with Crippen molar-refractivity contribution in [1.29, 1.82) is 0 Å². The molecule has 0 aliphatic rings. The summed E-state index contributed by atoms with van der Waals surface area (Å²) in [6, 6.07) is 20.5. The predicted molar refractivity (Wildman–Crippen MR) is 100 cm³/mol. The largest absolute Gasteiger partial charge is 0.488 e. The minimum atomic E-state index is -1.46. The van der Waals surface area contributed by atoms with Crippen molar-refractivity contribution in [2.45, 2.75) is 13.8 Å². The lowest BCUT2D eigenvalue weighted by Gasteiger charge is -2.10. The van der Waals surface area contributed by atoms with Gasteiger partial charge in [-0.1, -0.05) is 36.4 Å². The van der Waals surface area contributed by atoms with Crippen LogP contribution in [0.15, 0.2) is 60.7 Å². The second-order valence-corrected chi connectivity index (χ2v) is 6.29. The second kappa shape index (κ2) is 5.51. The quantitative estimate of drug-likeness (QED) is 0.558. The number of aryl methyl sites for hydroxylation is 2. The highest BCUT2D eigenvalue weighted by molar-refractivity contribution is 6.59. The number of aromatic nitrogens is 1. The molecule has 1 heterocycles. The van der Waals surface area contributed by atoms with E-state index in [1.54, 1.807) is 0 Å². The minimum absolute atomic E-state index is 0.551. The van der Waals surface area contributed by atoms with E-state index in [1.807, 2.05) is 37.3 Å². The van der Waals surface area contributed by atoms with Gasteiger partial charge < -0.3 is 14.6 Å². The molecular weight excluding hydrogens is 297 g/mol. The summed E-state index contributed by atoms with van der Waals surface area (Å²) >= 11 is 0. The van der Waals surface area contributed by atoms with Crippen molar-refractivity contribution >= 4 is 34.4 Å². The Morgan fingerprint density at radius 1 is 0.792 bits per heavy atom. The highest BCUT2D eigenvalue weighted by Crippen LogP contribution is 2.32. The molecule has 2 N–H and O–H groups in total. The fourth-order valence-electron chi connectivity index (χ4n) is 3.43. The summed E-state index contributed by atoms with van der Waals surface area (Å²) in [7, 11) is -1.46. The van der Waals surface area contributed by atoms with E-state index in [-0.39, 0.29) is 0 Å². The Hall–Kier alpha value is -2.56. The van der Waals surface area contributed by atoms with Gasteiger partial charge >= 0.3 is 7.12 Å². The highest BCUT2D eigenvalue weighted by Gasteiger charge is 2.19. The Morgan fingerprint density at radius 3 is 2.21 bits per heavy atom. The summed E-state index contributed by atoms with van der Waals surface area (Å²) < 4.78 is 2.23. The van der Waals surface area contributed by atoms with Gasteiger partial charge in [-0.2, -0.15) is 0 Å². The Bertz CT molecular complexity index is 1050. The maximum Gasteiger partial charge on any atom is 0.488 e. The van der Waals surface area contributed by atoms with Crippen LogP contribution in [0.2, 0.25) is 0 Å². The predicted octanol–water partition coefficient (Wildman–Crippen LogP) is 3.08. The van der Waals surface area contributed by atoms with Crippen molar-refractivity contribution in [3.05, 3.63) is 71.8 Å². The molecule has 1 aromatic heterocycles. The van der Waals surface area contributed by atoms with Gasteiger partial charge in [-0.15, -0.1) is 0 Å². The SMILES string of the molecule is Cc1ccc2c3cc(B(O)O)c(C)cc3n(-c3ccccc3)c2c1. The first-order chi connectivity index (χ1) is 11.6. The van der Waals surface area contributed by atoms with Crippen molar-refractivity contribution in [3.63, 3.8) is 0 Å². The molecule has 0 fully saturated rings. The van der Waals surface area contributed by atoms with Gasteiger partial charge in [0.25, 0.3) is 0 Å². The lowest BCUT2D eigenvalue weighted by molar-refractivity contribution is 0.425. The first-order valence-electron chi connectivity index (χ1n) is 8.03. The summed E-state index contributed by atoms with van der Waals surface area (Å²) in [4.78, 5) is 0. The average Bonchev–Trinajstić information content (AvgIpc) is 2.86. The molecule has 118 valence electrons. The number of hydrogen-bond acceptors (Lipinski definition) is 2. The van der Waals surface area contributed by atoms with Gasteiger partial charge in [-0.3, -0.25) is 0 Å². The number of rotatable bonds is 2. The summed E-state index contributed by atoms with van der Waals surface area (Å²) in [5.74, 6) is 0. The van der Waals surface area contributed by atoms with Crippen molar-refractivity contribution in [2.75, 3.05) is 0 Å². The van der Waals surface area contributed by atoms with E-state index in [9.17, 15) is 10.0 Å². The zero-order chi connectivity index (χ0) is 16.8. The van der Waals surface area contributed by atoms with Crippen LogP contribution in [0, 0.1) is 13.8 Å². The van der Waals surface area contributed by atoms with Crippen LogP contribution in [-0.4, -0.2) is 21.7 Å². The maximum absolute atomic E-state index is 9.65. The van der Waals surface area contributed by atoms with Gasteiger partial charge in [0, 0.05) is 16.5 Å². The molecule has 3 aromatic carbocycles. The van der Waals surface area contributed by atoms with E-state index in [2.05, 4.69) is 41.8 Å². The summed E-state index contributed by atoms with van der Waals surface area (Å²) in [6.45, 7) is 3.99. The average molecular weight is 315 g/mol. The van der Waals surface area contributed by atoms with E-state index in [0.717, 1.165) is 33.1 Å². The van der Waals surface area contributed by atoms with Crippen LogP contribution in [0.3, 0.4) is 0 Å². The number of benzene rings is 3. The van der Waals surface area contributed by atoms with E-state index < -0.39 is 7.12 Å². The van der Waals surface area contributed by atoms with Crippen LogP contribution in [-0.2, 0) is 0 Å². The molecule has 0 bridgehead atoms. The van der Waals surface area contributed by atoms with Crippen LogP contribution in [0.1, 0.15) is 11.1 Å². The van der Waals surface area contributed by atoms with Gasteiger partial charge in [0.2, 0.25) is 0 Å². The van der Waals surface area contributed by atoms with Gasteiger partial charge in [-0.25, -0.2) is 0 Å². The monoisotopic (exact) mass is 315 g/mol. The van der Waals surface area contributed by atoms with Crippen LogP contribution >= 0.6 is 0 Å². The molecule has 0 aliphatic carbocycles. The maximum atomic E-state index is 9.65. The van der Waals surface area contributed by atoms with Crippen molar-refractivity contribution in [3.8, 4) is 5.69 Å². The molecule has 0 spiro atoms. The van der Waals surface area contributed by atoms with Crippen LogP contribution in [0.4, 0.5) is 0 Å². The molecule has 4 aromatic rings. The van der Waals surface area contributed by atoms with Crippen molar-refractivity contribution in [2.24, 2.45) is 0 Å². The standard InChI is InChI=1S/C20H18BNO2/c1-13-8-9-16-17-12-18(21(23)24)14(2)11-20(17)22(19(16)10-13)15-6-4-3-5-7-15/h3-12,23-24H,1-2H3. The Kier molecular flexibility index (Phi) is 3.45. The molecule has 0 radical (unpaired) electrons. The van der Waals surface area contributed by atoms with Gasteiger partial charge in [0.1, 0.15) is 0 Å². The van der Waals surface area contributed by atoms with Crippen molar-refractivity contribution in [1.82, 2.24) is 4.57 Å². The second-order valence-electron chi connectivity index (χ2n) is 6.29. The smallest absolute Gasteiger partial charge is 0.423 e. The molecular formula is C20H18BNO2. The molecule has 0 aliphatic heterocycles. The van der Waals surface area contributed by atoms with Gasteiger partial charge in [0.15, 0.2) is 0 Å². The third-order valence-corrected chi connectivity index (χ3v) is 4.60. The number of nitrogens with zero attached hydrogens (tertiary/aromatic N) is 1. The normalized spacial score (nSPS) is 11.3. The Balaban J connectivity index is 2.19. The fraction of sp³-hybridized carbons (Fsp3) is 0.100. The molecule has 0 unspecified atom stereocenters. The van der Waals surface area contributed by atoms with Crippen LogP contribution < -0.4 is 5.46 Å². The number of para-hydroxylation sites is 1. The first kappa shape index (κ1) is 15.0. The number of hydrogen-bond donors (Lipinski definition) is 2. The summed E-state index contributed by atoms with van der Waals surface area (Å²) in [6.07, 6.45) is 0. The molecule has 24 heavy (non-hydrogen) atoms. The zero-order valence-corrected chi connectivity index (χ0v) is 13.7. The van der Waals surface area contributed by atoms with E-state index in [0.29, 0.717) is 5.46 Å².